The largest absolute Gasteiger partial charge is 0.398 e. The Hall–Kier alpha value is -2.13. The highest BCUT2D eigenvalue weighted by Crippen LogP contribution is 2.36. The van der Waals surface area contributed by atoms with Gasteiger partial charge in [0, 0.05) is 21.7 Å². The van der Waals surface area contributed by atoms with Crippen LogP contribution in [0.1, 0.15) is 11.8 Å². The average Bonchev–Trinajstić information content (AvgIpc) is 2.92. The van der Waals surface area contributed by atoms with Gasteiger partial charge in [0.15, 0.2) is 0 Å². The lowest BCUT2D eigenvalue weighted by atomic mass is 10.1. The van der Waals surface area contributed by atoms with Crippen LogP contribution in [-0.2, 0) is 6.42 Å². The Morgan fingerprint density at radius 1 is 1.00 bits per heavy atom. The molecule has 0 fully saturated rings. The highest BCUT2D eigenvalue weighted by Gasteiger charge is 2.14. The molecule has 1 aromatic heterocycles. The first kappa shape index (κ1) is 12.9. The van der Waals surface area contributed by atoms with Crippen molar-refractivity contribution < 1.29 is 0 Å². The lowest BCUT2D eigenvalue weighted by Crippen LogP contribution is -1.88. The van der Waals surface area contributed by atoms with E-state index in [0.717, 1.165) is 28.4 Å². The van der Waals surface area contributed by atoms with Crippen LogP contribution < -0.4 is 5.73 Å². The molecule has 0 atom stereocenters. The molecule has 2 aromatic carbocycles. The van der Waals surface area contributed by atoms with E-state index in [9.17, 15) is 0 Å². The van der Waals surface area contributed by atoms with Crippen molar-refractivity contribution in [2.75, 3.05) is 5.73 Å². The second-order valence-corrected chi connectivity index (χ2v) is 5.68. The summed E-state index contributed by atoms with van der Waals surface area (Å²) in [4.78, 5) is 6.12. The minimum absolute atomic E-state index is 0.781. The van der Waals surface area contributed by atoms with Crippen molar-refractivity contribution in [3.8, 4) is 21.8 Å². The number of hydrogen-bond donors (Lipinski definition) is 1. The van der Waals surface area contributed by atoms with Gasteiger partial charge in [-0.15, -0.1) is 11.3 Å². The third-order valence-corrected chi connectivity index (χ3v) is 4.49. The SMILES string of the molecule is CCc1sc(-c2ccccc2N)nc1-c1ccccc1. The Bertz CT molecular complexity index is 717. The summed E-state index contributed by atoms with van der Waals surface area (Å²) in [6.45, 7) is 2.16. The number of benzene rings is 2. The Labute approximate surface area is 122 Å². The van der Waals surface area contributed by atoms with Gasteiger partial charge in [0.1, 0.15) is 5.01 Å². The van der Waals surface area contributed by atoms with Gasteiger partial charge in [-0.05, 0) is 18.6 Å². The van der Waals surface area contributed by atoms with Gasteiger partial charge in [0.25, 0.3) is 0 Å². The molecule has 0 aliphatic rings. The van der Waals surface area contributed by atoms with Gasteiger partial charge in [0.2, 0.25) is 0 Å². The van der Waals surface area contributed by atoms with Gasteiger partial charge in [-0.2, -0.15) is 0 Å². The fourth-order valence-electron chi connectivity index (χ4n) is 2.22. The fourth-order valence-corrected chi connectivity index (χ4v) is 3.29. The number of nitrogens with zero attached hydrogens (tertiary/aromatic N) is 1. The molecule has 0 aliphatic carbocycles. The quantitative estimate of drug-likeness (QED) is 0.711. The van der Waals surface area contributed by atoms with E-state index < -0.39 is 0 Å². The third kappa shape index (κ3) is 2.32. The molecule has 2 N–H and O–H groups in total. The summed E-state index contributed by atoms with van der Waals surface area (Å²) >= 11 is 1.73. The maximum absolute atomic E-state index is 6.06. The van der Waals surface area contributed by atoms with Crippen LogP contribution in [0, 0.1) is 0 Å². The molecule has 0 radical (unpaired) electrons. The van der Waals surface area contributed by atoms with Gasteiger partial charge in [-0.3, -0.25) is 0 Å². The molecule has 20 heavy (non-hydrogen) atoms. The van der Waals surface area contributed by atoms with Crippen LogP contribution >= 0.6 is 11.3 Å². The van der Waals surface area contributed by atoms with Gasteiger partial charge in [0.05, 0.1) is 5.69 Å². The Morgan fingerprint density at radius 3 is 2.40 bits per heavy atom. The fraction of sp³-hybridized carbons (Fsp3) is 0.118. The summed E-state index contributed by atoms with van der Waals surface area (Å²) in [7, 11) is 0. The van der Waals surface area contributed by atoms with E-state index >= 15 is 0 Å². The van der Waals surface area contributed by atoms with E-state index in [0.29, 0.717) is 0 Å². The number of para-hydroxylation sites is 1. The molecule has 100 valence electrons. The van der Waals surface area contributed by atoms with Crippen molar-refractivity contribution in [1.82, 2.24) is 4.98 Å². The molecule has 0 saturated heterocycles. The van der Waals surface area contributed by atoms with E-state index in [-0.39, 0.29) is 0 Å². The predicted octanol–water partition coefficient (Wildman–Crippen LogP) is 4.62. The lowest BCUT2D eigenvalue weighted by Gasteiger charge is -2.00. The monoisotopic (exact) mass is 280 g/mol. The van der Waals surface area contributed by atoms with Crippen LogP contribution in [0.15, 0.2) is 54.6 Å². The number of aromatic nitrogens is 1. The van der Waals surface area contributed by atoms with E-state index in [1.807, 2.05) is 42.5 Å². The zero-order valence-corrected chi connectivity index (χ0v) is 12.2. The maximum atomic E-state index is 6.06. The van der Waals surface area contributed by atoms with Crippen LogP contribution in [0.3, 0.4) is 0 Å². The topological polar surface area (TPSA) is 38.9 Å². The zero-order chi connectivity index (χ0) is 13.9. The van der Waals surface area contributed by atoms with Gasteiger partial charge < -0.3 is 5.73 Å². The second-order valence-electron chi connectivity index (χ2n) is 4.60. The molecule has 0 spiro atoms. The number of aryl methyl sites for hydroxylation is 1. The highest BCUT2D eigenvalue weighted by molar-refractivity contribution is 7.15. The molecule has 0 saturated carbocycles. The van der Waals surface area contributed by atoms with Crippen LogP contribution in [0.2, 0.25) is 0 Å². The van der Waals surface area contributed by atoms with Gasteiger partial charge in [-0.1, -0.05) is 49.4 Å². The number of thiazole rings is 1. The average molecular weight is 280 g/mol. The van der Waals surface area contributed by atoms with Crippen LogP contribution in [0.5, 0.6) is 0 Å². The molecule has 0 aliphatic heterocycles. The zero-order valence-electron chi connectivity index (χ0n) is 11.3. The predicted molar refractivity (Wildman–Crippen MR) is 86.8 cm³/mol. The maximum Gasteiger partial charge on any atom is 0.126 e. The van der Waals surface area contributed by atoms with Gasteiger partial charge in [-0.25, -0.2) is 4.98 Å². The summed E-state index contributed by atoms with van der Waals surface area (Å²) in [6.07, 6.45) is 0.981. The van der Waals surface area contributed by atoms with Crippen LogP contribution in [-0.4, -0.2) is 4.98 Å². The lowest BCUT2D eigenvalue weighted by molar-refractivity contribution is 1.17. The number of anilines is 1. The van der Waals surface area contributed by atoms with Crippen LogP contribution in [0.25, 0.3) is 21.8 Å². The normalized spacial score (nSPS) is 10.7. The number of nitrogen functional groups attached to an aromatic ring is 1. The van der Waals surface area contributed by atoms with Crippen molar-refractivity contribution in [3.05, 3.63) is 59.5 Å². The van der Waals surface area contributed by atoms with E-state index in [1.165, 1.54) is 10.4 Å². The minimum Gasteiger partial charge on any atom is -0.398 e. The third-order valence-electron chi connectivity index (χ3n) is 3.26. The highest BCUT2D eigenvalue weighted by atomic mass is 32.1. The Balaban J connectivity index is 2.13. The molecule has 3 rings (SSSR count). The Kier molecular flexibility index (Phi) is 3.52. The number of nitrogens with two attached hydrogens (primary N) is 1. The second kappa shape index (κ2) is 5.47. The number of hydrogen-bond acceptors (Lipinski definition) is 3. The molecule has 0 bridgehead atoms. The Morgan fingerprint density at radius 2 is 1.70 bits per heavy atom. The first-order valence-corrected chi connectivity index (χ1v) is 7.51. The van der Waals surface area contributed by atoms with E-state index in [2.05, 4.69) is 19.1 Å². The standard InChI is InChI=1S/C17H16N2S/c1-2-15-16(12-8-4-3-5-9-12)19-17(20-15)13-10-6-7-11-14(13)18/h3-11H,2,18H2,1H3. The summed E-state index contributed by atoms with van der Waals surface area (Å²) in [5.41, 5.74) is 10.1. The minimum atomic E-state index is 0.781. The molecule has 3 aromatic rings. The van der Waals surface area contributed by atoms with Gasteiger partial charge >= 0.3 is 0 Å². The van der Waals surface area contributed by atoms with Crippen molar-refractivity contribution in [3.63, 3.8) is 0 Å². The molecule has 0 amide bonds. The first-order chi connectivity index (χ1) is 9.79. The van der Waals surface area contributed by atoms with Crippen molar-refractivity contribution in [2.24, 2.45) is 0 Å². The molecular weight excluding hydrogens is 264 g/mol. The van der Waals surface area contributed by atoms with Crippen molar-refractivity contribution in [2.45, 2.75) is 13.3 Å². The first-order valence-electron chi connectivity index (χ1n) is 6.69. The summed E-state index contributed by atoms with van der Waals surface area (Å²) in [5, 5.41) is 0.999. The number of rotatable bonds is 3. The summed E-state index contributed by atoms with van der Waals surface area (Å²) in [5.74, 6) is 0. The molecule has 0 unspecified atom stereocenters. The molecular formula is C17H16N2S. The molecule has 1 heterocycles. The smallest absolute Gasteiger partial charge is 0.126 e. The van der Waals surface area contributed by atoms with E-state index in [1.54, 1.807) is 11.3 Å². The van der Waals surface area contributed by atoms with Crippen LogP contribution in [0.4, 0.5) is 5.69 Å². The van der Waals surface area contributed by atoms with Crippen molar-refractivity contribution in [1.29, 1.82) is 0 Å². The molecule has 2 nitrogen and oxygen atoms in total. The van der Waals surface area contributed by atoms with E-state index in [4.69, 9.17) is 10.7 Å². The summed E-state index contributed by atoms with van der Waals surface area (Å²) in [6, 6.07) is 18.2. The molecule has 3 heteroatoms. The summed E-state index contributed by atoms with van der Waals surface area (Å²) < 4.78 is 0. The van der Waals surface area contributed by atoms with Crippen molar-refractivity contribution >= 4 is 17.0 Å².